The van der Waals surface area contributed by atoms with E-state index < -0.39 is 0 Å². The molecule has 0 saturated carbocycles. The molecule has 1 fully saturated rings. The lowest BCUT2D eigenvalue weighted by Gasteiger charge is -2.22. The standard InChI is InChI=1S/C14H19NO3S/c1-17-12-5-10(6-13(8-12)18-2)14(16)7-11-9-19-4-3-15-11/h5-6,8,11,15H,3-4,7,9H2,1-2H3. The molecule has 19 heavy (non-hydrogen) atoms. The maximum Gasteiger partial charge on any atom is 0.164 e. The van der Waals surface area contributed by atoms with Crippen molar-refractivity contribution >= 4 is 17.5 Å². The Morgan fingerprint density at radius 1 is 1.32 bits per heavy atom. The number of nitrogens with one attached hydrogen (secondary N) is 1. The minimum atomic E-state index is 0.122. The van der Waals surface area contributed by atoms with Gasteiger partial charge in [-0.25, -0.2) is 0 Å². The Kier molecular flexibility index (Phi) is 5.10. The second-order valence-corrected chi connectivity index (χ2v) is 5.60. The molecule has 1 saturated heterocycles. The van der Waals surface area contributed by atoms with Crippen LogP contribution in [0.5, 0.6) is 11.5 Å². The van der Waals surface area contributed by atoms with Crippen LogP contribution in [0.25, 0.3) is 0 Å². The molecular formula is C14H19NO3S. The van der Waals surface area contributed by atoms with Gasteiger partial charge in [0.1, 0.15) is 11.5 Å². The lowest BCUT2D eigenvalue weighted by atomic mass is 10.0. The number of Topliss-reactive ketones (excluding diaryl/α,β-unsaturated/α-hetero) is 1. The van der Waals surface area contributed by atoms with Crippen LogP contribution in [0, 0.1) is 0 Å². The normalized spacial score (nSPS) is 18.9. The molecule has 0 aliphatic carbocycles. The monoisotopic (exact) mass is 281 g/mol. The first kappa shape index (κ1) is 14.2. The van der Waals surface area contributed by atoms with Crippen LogP contribution in [0.3, 0.4) is 0 Å². The molecule has 1 aromatic carbocycles. The van der Waals surface area contributed by atoms with Gasteiger partial charge >= 0.3 is 0 Å². The first-order valence-corrected chi connectivity index (χ1v) is 7.46. The molecule has 1 aliphatic rings. The quantitative estimate of drug-likeness (QED) is 0.836. The van der Waals surface area contributed by atoms with Crippen molar-refractivity contribution in [1.82, 2.24) is 5.32 Å². The van der Waals surface area contributed by atoms with Gasteiger partial charge < -0.3 is 14.8 Å². The maximum atomic E-state index is 12.3. The number of rotatable bonds is 5. The van der Waals surface area contributed by atoms with Gasteiger partial charge in [-0.2, -0.15) is 11.8 Å². The Balaban J connectivity index is 2.08. The number of carbonyl (C=O) groups is 1. The van der Waals surface area contributed by atoms with Gasteiger partial charge in [0.15, 0.2) is 5.78 Å². The van der Waals surface area contributed by atoms with Crippen LogP contribution in [0.2, 0.25) is 0 Å². The number of ketones is 1. The molecule has 0 amide bonds. The Bertz CT molecular complexity index is 422. The zero-order valence-corrected chi connectivity index (χ0v) is 12.1. The number of hydrogen-bond acceptors (Lipinski definition) is 5. The third-order valence-electron chi connectivity index (χ3n) is 3.10. The smallest absolute Gasteiger partial charge is 0.164 e. The van der Waals surface area contributed by atoms with Gasteiger partial charge in [-0.05, 0) is 12.1 Å². The molecule has 1 N–H and O–H groups in total. The van der Waals surface area contributed by atoms with Gasteiger partial charge in [0.25, 0.3) is 0 Å². The highest BCUT2D eigenvalue weighted by molar-refractivity contribution is 7.99. The summed E-state index contributed by atoms with van der Waals surface area (Å²) < 4.78 is 10.4. The molecule has 0 bridgehead atoms. The number of carbonyl (C=O) groups excluding carboxylic acids is 1. The van der Waals surface area contributed by atoms with Crippen molar-refractivity contribution in [1.29, 1.82) is 0 Å². The van der Waals surface area contributed by atoms with E-state index in [2.05, 4.69) is 5.32 Å². The van der Waals surface area contributed by atoms with Crippen LogP contribution < -0.4 is 14.8 Å². The van der Waals surface area contributed by atoms with Crippen molar-refractivity contribution in [2.45, 2.75) is 12.5 Å². The average molecular weight is 281 g/mol. The summed E-state index contributed by atoms with van der Waals surface area (Å²) in [7, 11) is 3.17. The first-order chi connectivity index (χ1) is 9.22. The fourth-order valence-corrected chi connectivity index (χ4v) is 3.01. The van der Waals surface area contributed by atoms with E-state index in [0.29, 0.717) is 23.5 Å². The summed E-state index contributed by atoms with van der Waals surface area (Å²) in [5, 5.41) is 3.37. The Morgan fingerprint density at radius 2 is 2.00 bits per heavy atom. The number of methoxy groups -OCH3 is 2. The van der Waals surface area contributed by atoms with Gasteiger partial charge in [0, 0.05) is 42.1 Å². The summed E-state index contributed by atoms with van der Waals surface area (Å²) in [5.41, 5.74) is 0.647. The highest BCUT2D eigenvalue weighted by Gasteiger charge is 2.18. The molecule has 1 aliphatic heterocycles. The zero-order valence-electron chi connectivity index (χ0n) is 11.3. The lowest BCUT2D eigenvalue weighted by Crippen LogP contribution is -2.38. The Hall–Kier alpha value is -1.20. The minimum absolute atomic E-state index is 0.122. The largest absolute Gasteiger partial charge is 0.497 e. The second kappa shape index (κ2) is 6.82. The lowest BCUT2D eigenvalue weighted by molar-refractivity contribution is 0.0971. The Morgan fingerprint density at radius 3 is 2.53 bits per heavy atom. The average Bonchev–Trinajstić information content (AvgIpc) is 2.47. The Labute approximate surface area is 117 Å². The van der Waals surface area contributed by atoms with Crippen molar-refractivity contribution in [2.24, 2.45) is 0 Å². The molecular weight excluding hydrogens is 262 g/mol. The summed E-state index contributed by atoms with van der Waals surface area (Å²) >= 11 is 1.89. The zero-order chi connectivity index (χ0) is 13.7. The van der Waals surface area contributed by atoms with Crippen molar-refractivity contribution in [3.05, 3.63) is 23.8 Å². The van der Waals surface area contributed by atoms with E-state index in [1.54, 1.807) is 32.4 Å². The van der Waals surface area contributed by atoms with Crippen molar-refractivity contribution < 1.29 is 14.3 Å². The van der Waals surface area contributed by atoms with Gasteiger partial charge in [-0.1, -0.05) is 0 Å². The third kappa shape index (κ3) is 3.88. The first-order valence-electron chi connectivity index (χ1n) is 6.30. The van der Waals surface area contributed by atoms with Crippen molar-refractivity contribution in [3.63, 3.8) is 0 Å². The van der Waals surface area contributed by atoms with E-state index in [0.717, 1.165) is 18.1 Å². The SMILES string of the molecule is COc1cc(OC)cc(C(=O)CC2CSCCN2)c1. The molecule has 1 heterocycles. The van der Waals surface area contributed by atoms with Crippen LogP contribution in [0.1, 0.15) is 16.8 Å². The van der Waals surface area contributed by atoms with E-state index in [4.69, 9.17) is 9.47 Å². The summed E-state index contributed by atoms with van der Waals surface area (Å²) in [6.45, 7) is 0.976. The van der Waals surface area contributed by atoms with E-state index in [1.807, 2.05) is 11.8 Å². The van der Waals surface area contributed by atoms with Crippen LogP contribution in [-0.2, 0) is 0 Å². The number of hydrogen-bond donors (Lipinski definition) is 1. The molecule has 1 atom stereocenters. The maximum absolute atomic E-state index is 12.3. The van der Waals surface area contributed by atoms with Gasteiger partial charge in [0.05, 0.1) is 14.2 Å². The molecule has 0 spiro atoms. The minimum Gasteiger partial charge on any atom is -0.497 e. The van der Waals surface area contributed by atoms with E-state index in [9.17, 15) is 4.79 Å². The fraction of sp³-hybridized carbons (Fsp3) is 0.500. The molecule has 2 rings (SSSR count). The highest BCUT2D eigenvalue weighted by atomic mass is 32.2. The van der Waals surface area contributed by atoms with E-state index >= 15 is 0 Å². The predicted octanol–water partition coefficient (Wildman–Crippen LogP) is 1.98. The summed E-state index contributed by atoms with van der Waals surface area (Å²) in [6, 6.07) is 5.57. The third-order valence-corrected chi connectivity index (χ3v) is 4.23. The van der Waals surface area contributed by atoms with E-state index in [-0.39, 0.29) is 11.8 Å². The van der Waals surface area contributed by atoms with Gasteiger partial charge in [-0.15, -0.1) is 0 Å². The summed E-state index contributed by atoms with van der Waals surface area (Å²) in [4.78, 5) is 12.3. The number of thioether (sulfide) groups is 1. The number of benzene rings is 1. The van der Waals surface area contributed by atoms with Crippen LogP contribution in [-0.4, -0.2) is 44.1 Å². The molecule has 104 valence electrons. The van der Waals surface area contributed by atoms with E-state index in [1.165, 1.54) is 0 Å². The number of ether oxygens (including phenoxy) is 2. The summed E-state index contributed by atoms with van der Waals surface area (Å²) in [6.07, 6.45) is 0.517. The highest BCUT2D eigenvalue weighted by Crippen LogP contribution is 2.24. The molecule has 0 radical (unpaired) electrons. The molecule has 4 nitrogen and oxygen atoms in total. The molecule has 1 unspecified atom stereocenters. The van der Waals surface area contributed by atoms with Gasteiger partial charge in [-0.3, -0.25) is 4.79 Å². The van der Waals surface area contributed by atoms with Crippen molar-refractivity contribution in [2.75, 3.05) is 32.3 Å². The second-order valence-electron chi connectivity index (χ2n) is 4.45. The predicted molar refractivity (Wildman–Crippen MR) is 77.6 cm³/mol. The fourth-order valence-electron chi connectivity index (χ4n) is 2.06. The molecule has 1 aromatic rings. The van der Waals surface area contributed by atoms with Crippen molar-refractivity contribution in [3.8, 4) is 11.5 Å². The summed E-state index contributed by atoms with van der Waals surface area (Å²) in [5.74, 6) is 3.53. The van der Waals surface area contributed by atoms with Gasteiger partial charge in [0.2, 0.25) is 0 Å². The topological polar surface area (TPSA) is 47.6 Å². The molecule has 0 aromatic heterocycles. The van der Waals surface area contributed by atoms with Crippen LogP contribution >= 0.6 is 11.8 Å². The van der Waals surface area contributed by atoms with Crippen LogP contribution in [0.4, 0.5) is 0 Å². The molecule has 5 heteroatoms. The van der Waals surface area contributed by atoms with Crippen LogP contribution in [0.15, 0.2) is 18.2 Å².